The Labute approximate surface area is 135 Å². The Hall–Kier alpha value is -2.45. The number of hydrogen-bond donors (Lipinski definition) is 1. The maximum absolute atomic E-state index is 14.5. The summed E-state index contributed by atoms with van der Waals surface area (Å²) in [6.45, 7) is 1.73. The Kier molecular flexibility index (Phi) is 3.81. The van der Waals surface area contributed by atoms with Crippen LogP contribution in [0.3, 0.4) is 0 Å². The lowest BCUT2D eigenvalue weighted by Gasteiger charge is -2.36. The molecule has 128 valence electrons. The standard InChI is InChI=1S/C15H15F3N4O2/c1-14(2-4-15(17,18)5-3-14)12-10(16)6-9(7-19-12)22-8-11(13(23)24)20-21-22/h6-8H,2-5H2,1H3,(H,23,24). The molecule has 1 fully saturated rings. The highest BCUT2D eigenvalue weighted by Crippen LogP contribution is 2.45. The third kappa shape index (κ3) is 2.98. The van der Waals surface area contributed by atoms with Crippen molar-refractivity contribution in [1.82, 2.24) is 20.0 Å². The third-order valence-electron chi connectivity index (χ3n) is 4.46. The van der Waals surface area contributed by atoms with Crippen molar-refractivity contribution >= 4 is 5.97 Å². The van der Waals surface area contributed by atoms with Crippen LogP contribution in [0.4, 0.5) is 13.2 Å². The number of carbonyl (C=O) groups is 1. The van der Waals surface area contributed by atoms with Gasteiger partial charge in [0.05, 0.1) is 23.8 Å². The normalized spacial score (nSPS) is 19.2. The number of hydrogen-bond acceptors (Lipinski definition) is 4. The predicted octanol–water partition coefficient (Wildman–Crippen LogP) is 2.97. The fourth-order valence-electron chi connectivity index (χ4n) is 2.89. The summed E-state index contributed by atoms with van der Waals surface area (Å²) in [6.07, 6.45) is 2.18. The molecule has 0 bridgehead atoms. The van der Waals surface area contributed by atoms with E-state index in [-0.39, 0.29) is 42.8 Å². The van der Waals surface area contributed by atoms with Crippen LogP contribution in [-0.4, -0.2) is 37.0 Å². The molecular formula is C15H15F3N4O2. The number of pyridine rings is 1. The zero-order valence-corrected chi connectivity index (χ0v) is 12.8. The fourth-order valence-corrected chi connectivity index (χ4v) is 2.89. The second-order valence-corrected chi connectivity index (χ2v) is 6.29. The summed E-state index contributed by atoms with van der Waals surface area (Å²) < 4.78 is 42.3. The number of rotatable bonds is 3. The van der Waals surface area contributed by atoms with Crippen molar-refractivity contribution in [3.63, 3.8) is 0 Å². The van der Waals surface area contributed by atoms with Gasteiger partial charge < -0.3 is 5.11 Å². The first kappa shape index (κ1) is 16.4. The van der Waals surface area contributed by atoms with Gasteiger partial charge in [0.2, 0.25) is 5.92 Å². The number of carboxylic acid groups (broad SMARTS) is 1. The second-order valence-electron chi connectivity index (χ2n) is 6.29. The summed E-state index contributed by atoms with van der Waals surface area (Å²) in [5, 5.41) is 15.9. The topological polar surface area (TPSA) is 80.9 Å². The summed E-state index contributed by atoms with van der Waals surface area (Å²) in [5.74, 6) is -4.58. The highest BCUT2D eigenvalue weighted by atomic mass is 19.3. The molecule has 1 aliphatic rings. The quantitative estimate of drug-likeness (QED) is 0.929. The minimum Gasteiger partial charge on any atom is -0.476 e. The van der Waals surface area contributed by atoms with Gasteiger partial charge in [0.1, 0.15) is 5.82 Å². The summed E-state index contributed by atoms with van der Waals surface area (Å²) in [4.78, 5) is 14.9. The van der Waals surface area contributed by atoms with Crippen molar-refractivity contribution in [3.05, 3.63) is 35.7 Å². The summed E-state index contributed by atoms with van der Waals surface area (Å²) in [6, 6.07) is 1.15. The summed E-state index contributed by atoms with van der Waals surface area (Å²) in [5.41, 5.74) is -0.680. The van der Waals surface area contributed by atoms with E-state index in [0.29, 0.717) is 0 Å². The van der Waals surface area contributed by atoms with Crippen LogP contribution >= 0.6 is 0 Å². The van der Waals surface area contributed by atoms with Crippen LogP contribution in [0.2, 0.25) is 0 Å². The largest absolute Gasteiger partial charge is 0.476 e. The van der Waals surface area contributed by atoms with E-state index in [9.17, 15) is 18.0 Å². The highest BCUT2D eigenvalue weighted by molar-refractivity contribution is 5.84. The lowest BCUT2D eigenvalue weighted by molar-refractivity contribution is -0.0506. The van der Waals surface area contributed by atoms with Gasteiger partial charge in [-0.2, -0.15) is 0 Å². The first-order chi connectivity index (χ1) is 11.2. The Balaban J connectivity index is 1.88. The lowest BCUT2D eigenvalue weighted by atomic mass is 9.72. The van der Waals surface area contributed by atoms with Crippen LogP contribution in [0.15, 0.2) is 18.5 Å². The third-order valence-corrected chi connectivity index (χ3v) is 4.46. The number of aromatic nitrogens is 4. The van der Waals surface area contributed by atoms with E-state index >= 15 is 0 Å². The zero-order valence-electron chi connectivity index (χ0n) is 12.8. The number of carboxylic acids is 1. The van der Waals surface area contributed by atoms with Crippen LogP contribution in [-0.2, 0) is 5.41 Å². The van der Waals surface area contributed by atoms with Crippen LogP contribution in [0.25, 0.3) is 5.69 Å². The van der Waals surface area contributed by atoms with Crippen molar-refractivity contribution < 1.29 is 23.1 Å². The summed E-state index contributed by atoms with van der Waals surface area (Å²) in [7, 11) is 0. The van der Waals surface area contributed by atoms with Crippen molar-refractivity contribution in [2.24, 2.45) is 0 Å². The van der Waals surface area contributed by atoms with Gasteiger partial charge in [-0.3, -0.25) is 4.98 Å². The first-order valence-corrected chi connectivity index (χ1v) is 7.40. The van der Waals surface area contributed by atoms with Crippen molar-refractivity contribution in [3.8, 4) is 5.69 Å². The molecule has 24 heavy (non-hydrogen) atoms. The number of halogens is 3. The number of alkyl halides is 2. The van der Waals surface area contributed by atoms with Crippen molar-refractivity contribution in [2.75, 3.05) is 0 Å². The monoisotopic (exact) mass is 340 g/mol. The van der Waals surface area contributed by atoms with Crippen LogP contribution < -0.4 is 0 Å². The van der Waals surface area contributed by atoms with Crippen molar-refractivity contribution in [1.29, 1.82) is 0 Å². The molecule has 9 heteroatoms. The van der Waals surface area contributed by atoms with Gasteiger partial charge in [-0.1, -0.05) is 12.1 Å². The average Bonchev–Trinajstić information content (AvgIpc) is 3.01. The van der Waals surface area contributed by atoms with Gasteiger partial charge >= 0.3 is 5.97 Å². The molecule has 0 saturated heterocycles. The van der Waals surface area contributed by atoms with E-state index in [4.69, 9.17) is 5.11 Å². The van der Waals surface area contributed by atoms with E-state index < -0.39 is 23.1 Å². The van der Waals surface area contributed by atoms with E-state index in [1.807, 2.05) is 0 Å². The predicted molar refractivity (Wildman–Crippen MR) is 76.8 cm³/mol. The van der Waals surface area contributed by atoms with Crippen LogP contribution in [0.5, 0.6) is 0 Å². The minimum absolute atomic E-state index is 0.139. The van der Waals surface area contributed by atoms with Crippen LogP contribution in [0, 0.1) is 5.82 Å². The minimum atomic E-state index is -2.70. The number of nitrogens with zero attached hydrogens (tertiary/aromatic N) is 4. The molecule has 0 spiro atoms. The smallest absolute Gasteiger partial charge is 0.358 e. The molecule has 1 saturated carbocycles. The van der Waals surface area contributed by atoms with Gasteiger partial charge in [-0.15, -0.1) is 5.10 Å². The molecule has 3 rings (SSSR count). The number of aromatic carboxylic acids is 1. The summed E-state index contributed by atoms with van der Waals surface area (Å²) >= 11 is 0. The molecule has 1 N–H and O–H groups in total. The molecule has 0 aliphatic heterocycles. The molecule has 0 unspecified atom stereocenters. The van der Waals surface area contributed by atoms with Crippen molar-refractivity contribution in [2.45, 2.75) is 43.9 Å². The Morgan fingerprint density at radius 3 is 2.50 bits per heavy atom. The second kappa shape index (κ2) is 5.57. The average molecular weight is 340 g/mol. The van der Waals surface area contributed by atoms with E-state index in [1.165, 1.54) is 6.20 Å². The maximum Gasteiger partial charge on any atom is 0.358 e. The Morgan fingerprint density at radius 1 is 1.29 bits per heavy atom. The molecule has 0 radical (unpaired) electrons. The molecule has 1 aliphatic carbocycles. The van der Waals surface area contributed by atoms with Gasteiger partial charge in [0, 0.05) is 24.3 Å². The van der Waals surface area contributed by atoms with Gasteiger partial charge in [0.25, 0.3) is 0 Å². The molecule has 2 heterocycles. The lowest BCUT2D eigenvalue weighted by Crippen LogP contribution is -2.35. The van der Waals surface area contributed by atoms with Gasteiger partial charge in [-0.25, -0.2) is 22.6 Å². The fraction of sp³-hybridized carbons (Fsp3) is 0.467. The Bertz CT molecular complexity index is 781. The van der Waals surface area contributed by atoms with Gasteiger partial charge in [-0.05, 0) is 12.8 Å². The molecule has 0 amide bonds. The maximum atomic E-state index is 14.5. The first-order valence-electron chi connectivity index (χ1n) is 7.40. The van der Waals surface area contributed by atoms with E-state index in [2.05, 4.69) is 15.3 Å². The molecule has 6 nitrogen and oxygen atoms in total. The Morgan fingerprint density at radius 2 is 1.96 bits per heavy atom. The van der Waals surface area contributed by atoms with Crippen LogP contribution in [0.1, 0.15) is 48.8 Å². The SMILES string of the molecule is CC1(c2ncc(-n3cc(C(=O)O)nn3)cc2F)CCC(F)(F)CC1. The van der Waals surface area contributed by atoms with Gasteiger partial charge in [0.15, 0.2) is 5.69 Å². The molecule has 0 atom stereocenters. The molecule has 0 aromatic carbocycles. The molecule has 2 aromatic heterocycles. The van der Waals surface area contributed by atoms with E-state index in [1.54, 1.807) is 6.92 Å². The molecule has 2 aromatic rings. The molecular weight excluding hydrogens is 325 g/mol. The van der Waals surface area contributed by atoms with E-state index in [0.717, 1.165) is 16.9 Å². The zero-order chi connectivity index (χ0) is 17.5. The highest BCUT2D eigenvalue weighted by Gasteiger charge is 2.43.